The van der Waals surface area contributed by atoms with E-state index in [9.17, 15) is 4.79 Å². The van der Waals surface area contributed by atoms with E-state index >= 15 is 0 Å². The lowest BCUT2D eigenvalue weighted by Crippen LogP contribution is -2.31. The van der Waals surface area contributed by atoms with Crippen molar-refractivity contribution in [3.8, 4) is 0 Å². The molecule has 2 rings (SSSR count). The Bertz CT molecular complexity index is 442. The maximum Gasteiger partial charge on any atom is 0.255 e. The number of carbonyl (C=O) groups is 1. The number of nitrogens with zero attached hydrogens (tertiary/aromatic N) is 2. The lowest BCUT2D eigenvalue weighted by molar-refractivity contribution is -0.126. The van der Waals surface area contributed by atoms with Gasteiger partial charge in [-0.25, -0.2) is 9.97 Å². The van der Waals surface area contributed by atoms with E-state index in [0.29, 0.717) is 21.6 Å². The number of amides is 1. The first-order chi connectivity index (χ1) is 8.08. The largest absolute Gasteiger partial charge is 0.368 e. The minimum Gasteiger partial charge on any atom is -0.368 e. The van der Waals surface area contributed by atoms with Gasteiger partial charge in [0.1, 0.15) is 15.3 Å². The van der Waals surface area contributed by atoms with Gasteiger partial charge in [0.2, 0.25) is 0 Å². The lowest BCUT2D eigenvalue weighted by atomic mass is 10.0. The lowest BCUT2D eigenvalue weighted by Gasteiger charge is -2.14. The van der Waals surface area contributed by atoms with Gasteiger partial charge >= 0.3 is 0 Å². The summed E-state index contributed by atoms with van der Waals surface area (Å²) in [5.74, 6) is 0.463. The van der Waals surface area contributed by atoms with Crippen molar-refractivity contribution in [3.63, 3.8) is 0 Å². The van der Waals surface area contributed by atoms with Gasteiger partial charge in [0.15, 0.2) is 5.82 Å². The van der Waals surface area contributed by atoms with E-state index in [1.165, 1.54) is 6.20 Å². The Morgan fingerprint density at radius 1 is 1.59 bits per heavy atom. The molecule has 0 bridgehead atoms. The normalized spacial score (nSPS) is 23.7. The summed E-state index contributed by atoms with van der Waals surface area (Å²) < 4.78 is 6.47. The Balaban J connectivity index is 2.07. The molecule has 0 spiro atoms. The zero-order chi connectivity index (χ0) is 12.4. The van der Waals surface area contributed by atoms with Gasteiger partial charge < -0.3 is 10.1 Å². The van der Waals surface area contributed by atoms with Crippen molar-refractivity contribution in [1.29, 1.82) is 0 Å². The van der Waals surface area contributed by atoms with Crippen molar-refractivity contribution in [1.82, 2.24) is 9.97 Å². The van der Waals surface area contributed by atoms with Gasteiger partial charge in [0, 0.05) is 6.61 Å². The number of hydrogen-bond donors (Lipinski definition) is 1. The van der Waals surface area contributed by atoms with Crippen LogP contribution in [-0.2, 0) is 9.53 Å². The van der Waals surface area contributed by atoms with Crippen molar-refractivity contribution in [3.05, 3.63) is 15.4 Å². The Kier molecular flexibility index (Phi) is 4.11. The Morgan fingerprint density at radius 3 is 2.94 bits per heavy atom. The zero-order valence-corrected chi connectivity index (χ0v) is 12.3. The van der Waals surface area contributed by atoms with Crippen LogP contribution in [0.4, 0.5) is 5.82 Å². The molecule has 1 aliphatic heterocycles. The third-order valence-electron chi connectivity index (χ3n) is 2.59. The maximum absolute atomic E-state index is 11.9. The predicted molar refractivity (Wildman–Crippen MR) is 69.6 cm³/mol. The molecule has 17 heavy (non-hydrogen) atoms. The topological polar surface area (TPSA) is 64.1 Å². The third-order valence-corrected chi connectivity index (χ3v) is 3.52. The highest BCUT2D eigenvalue weighted by atomic mass is 79.9. The highest BCUT2D eigenvalue weighted by Crippen LogP contribution is 2.23. The molecule has 1 aromatic rings. The molecule has 1 saturated heterocycles. The number of rotatable bonds is 2. The SMILES string of the molecule is CC1CCOC1C(=O)Nc1ncc(Br)nc1Br. The molecule has 2 heterocycles. The minimum absolute atomic E-state index is 0.174. The second-order valence-corrected chi connectivity index (χ2v) is 5.44. The van der Waals surface area contributed by atoms with Crippen molar-refractivity contribution in [2.75, 3.05) is 11.9 Å². The summed E-state index contributed by atoms with van der Waals surface area (Å²) in [6.07, 6.45) is 2.04. The number of hydrogen-bond acceptors (Lipinski definition) is 4. The van der Waals surface area contributed by atoms with E-state index in [1.54, 1.807) is 0 Å². The number of nitrogens with one attached hydrogen (secondary N) is 1. The van der Waals surface area contributed by atoms with Gasteiger partial charge in [0.25, 0.3) is 5.91 Å². The van der Waals surface area contributed by atoms with Gasteiger partial charge in [-0.1, -0.05) is 6.92 Å². The van der Waals surface area contributed by atoms with Gasteiger partial charge in [-0.15, -0.1) is 0 Å². The van der Waals surface area contributed by atoms with E-state index in [4.69, 9.17) is 4.74 Å². The summed E-state index contributed by atoms with van der Waals surface area (Å²) >= 11 is 6.44. The quantitative estimate of drug-likeness (QED) is 0.874. The molecule has 0 radical (unpaired) electrons. The standard InChI is InChI=1S/C10H11Br2N3O2/c1-5-2-3-17-7(5)10(16)15-9-8(12)14-6(11)4-13-9/h4-5,7H,2-3H2,1H3,(H,13,15,16). The van der Waals surface area contributed by atoms with Crippen LogP contribution in [0.15, 0.2) is 15.4 Å². The van der Waals surface area contributed by atoms with Crippen LogP contribution in [-0.4, -0.2) is 28.6 Å². The van der Waals surface area contributed by atoms with Crippen LogP contribution in [0.1, 0.15) is 13.3 Å². The van der Waals surface area contributed by atoms with Crippen molar-refractivity contribution < 1.29 is 9.53 Å². The minimum atomic E-state index is -0.396. The molecule has 0 aromatic carbocycles. The Labute approximate surface area is 116 Å². The molecule has 1 N–H and O–H groups in total. The fourth-order valence-electron chi connectivity index (χ4n) is 1.65. The molecule has 7 heteroatoms. The Morgan fingerprint density at radius 2 is 2.35 bits per heavy atom. The number of carbonyl (C=O) groups excluding carboxylic acids is 1. The molecule has 92 valence electrons. The summed E-state index contributed by atoms with van der Waals surface area (Å²) in [6, 6.07) is 0. The molecule has 1 amide bonds. The number of anilines is 1. The van der Waals surface area contributed by atoms with E-state index in [-0.39, 0.29) is 11.8 Å². The van der Waals surface area contributed by atoms with Gasteiger partial charge in [-0.2, -0.15) is 0 Å². The summed E-state index contributed by atoms with van der Waals surface area (Å²) in [4.78, 5) is 20.1. The van der Waals surface area contributed by atoms with Crippen LogP contribution in [0, 0.1) is 5.92 Å². The molecule has 2 atom stereocenters. The van der Waals surface area contributed by atoms with Crippen LogP contribution < -0.4 is 5.32 Å². The third kappa shape index (κ3) is 3.02. The zero-order valence-electron chi connectivity index (χ0n) is 9.11. The second-order valence-electron chi connectivity index (χ2n) is 3.88. The van der Waals surface area contributed by atoms with E-state index in [1.807, 2.05) is 6.92 Å². The first-order valence-corrected chi connectivity index (χ1v) is 6.77. The van der Waals surface area contributed by atoms with Crippen molar-refractivity contribution >= 4 is 43.6 Å². The average molecular weight is 365 g/mol. The summed E-state index contributed by atoms with van der Waals surface area (Å²) in [6.45, 7) is 2.63. The Hall–Kier alpha value is -0.530. The molecule has 0 saturated carbocycles. The molecular weight excluding hydrogens is 354 g/mol. The molecule has 0 aliphatic carbocycles. The second kappa shape index (κ2) is 5.41. The van der Waals surface area contributed by atoms with Gasteiger partial charge in [-0.3, -0.25) is 4.79 Å². The van der Waals surface area contributed by atoms with E-state index < -0.39 is 6.10 Å². The van der Waals surface area contributed by atoms with Crippen LogP contribution >= 0.6 is 31.9 Å². The van der Waals surface area contributed by atoms with Crippen LogP contribution in [0.5, 0.6) is 0 Å². The van der Waals surface area contributed by atoms with Gasteiger partial charge in [-0.05, 0) is 44.2 Å². The number of aromatic nitrogens is 2. The molecule has 2 unspecified atom stereocenters. The monoisotopic (exact) mass is 363 g/mol. The highest BCUT2D eigenvalue weighted by molar-refractivity contribution is 9.11. The molecule has 1 aromatic heterocycles. The van der Waals surface area contributed by atoms with Gasteiger partial charge in [0.05, 0.1) is 6.20 Å². The number of ether oxygens (including phenoxy) is 1. The summed E-state index contributed by atoms with van der Waals surface area (Å²) in [7, 11) is 0. The molecule has 5 nitrogen and oxygen atoms in total. The molecular formula is C10H11Br2N3O2. The fourth-order valence-corrected chi connectivity index (χ4v) is 2.56. The fraction of sp³-hybridized carbons (Fsp3) is 0.500. The summed E-state index contributed by atoms with van der Waals surface area (Å²) in [5, 5.41) is 2.70. The first-order valence-electron chi connectivity index (χ1n) is 5.18. The smallest absolute Gasteiger partial charge is 0.255 e. The molecule has 1 fully saturated rings. The van der Waals surface area contributed by atoms with Crippen molar-refractivity contribution in [2.24, 2.45) is 5.92 Å². The van der Waals surface area contributed by atoms with Crippen LogP contribution in [0.3, 0.4) is 0 Å². The van der Waals surface area contributed by atoms with E-state index in [0.717, 1.165) is 6.42 Å². The molecule has 1 aliphatic rings. The van der Waals surface area contributed by atoms with E-state index in [2.05, 4.69) is 47.1 Å². The number of halogens is 2. The maximum atomic E-state index is 11.9. The first kappa shape index (κ1) is 12.9. The van der Waals surface area contributed by atoms with Crippen LogP contribution in [0.2, 0.25) is 0 Å². The highest BCUT2D eigenvalue weighted by Gasteiger charge is 2.31. The van der Waals surface area contributed by atoms with Crippen molar-refractivity contribution in [2.45, 2.75) is 19.4 Å². The average Bonchev–Trinajstić information content (AvgIpc) is 2.68. The predicted octanol–water partition coefficient (Wildman–Crippen LogP) is 2.37. The summed E-state index contributed by atoms with van der Waals surface area (Å²) in [5.41, 5.74) is 0. The van der Waals surface area contributed by atoms with Crippen LogP contribution in [0.25, 0.3) is 0 Å².